The lowest BCUT2D eigenvalue weighted by Crippen LogP contribution is -2.37. The Morgan fingerprint density at radius 3 is 2.87 bits per heavy atom. The van der Waals surface area contributed by atoms with Crippen molar-refractivity contribution in [2.24, 2.45) is 0 Å². The van der Waals surface area contributed by atoms with Crippen molar-refractivity contribution in [1.29, 1.82) is 0 Å². The number of hydrogen-bond donors (Lipinski definition) is 2. The van der Waals surface area contributed by atoms with Crippen LogP contribution in [0.25, 0.3) is 0 Å². The zero-order valence-corrected chi connectivity index (χ0v) is 17.6. The molecule has 30 heavy (non-hydrogen) atoms. The lowest BCUT2D eigenvalue weighted by atomic mass is 10.3. The maximum absolute atomic E-state index is 12.6. The van der Waals surface area contributed by atoms with Crippen LogP contribution in [0.15, 0.2) is 47.4 Å². The number of thioether (sulfide) groups is 1. The van der Waals surface area contributed by atoms with Gasteiger partial charge in [0.2, 0.25) is 0 Å². The lowest BCUT2D eigenvalue weighted by Gasteiger charge is -2.15. The van der Waals surface area contributed by atoms with Crippen LogP contribution >= 0.6 is 19.9 Å². The number of nitrogens with two attached hydrogens (primary N) is 1. The molecule has 0 aliphatic carbocycles. The molecule has 1 aliphatic rings. The van der Waals surface area contributed by atoms with Crippen LogP contribution in [0.3, 0.4) is 0 Å². The number of hydrogen-bond acceptors (Lipinski definition) is 9. The molecule has 4 atom stereocenters. The van der Waals surface area contributed by atoms with Gasteiger partial charge in [-0.25, -0.2) is 4.79 Å². The van der Waals surface area contributed by atoms with E-state index in [0.29, 0.717) is 11.5 Å². The number of hydroxylamine groups is 1. The highest BCUT2D eigenvalue weighted by Crippen LogP contribution is 2.37. The van der Waals surface area contributed by atoms with Crippen LogP contribution < -0.4 is 16.3 Å². The van der Waals surface area contributed by atoms with E-state index in [0.717, 1.165) is 4.83 Å². The molecule has 2 heterocycles. The average molecular weight is 455 g/mol. The Morgan fingerprint density at radius 1 is 1.47 bits per heavy atom. The Labute approximate surface area is 176 Å². The molecule has 1 fully saturated rings. The molecule has 0 amide bonds. The SMILES string of the molecule is CC(C(=O)O)N(Oc1ccccc1)[P+](=O)OC[C@@H]1O[C@H](n2ccc(N)nc2=O)CS1. The standard InChI is InChI=1S/C17H19N4O7PS/c1-11(16(22)23)21(28-12-5-3-2-4-6-12)29(25)26-9-15-27-14(10-30-15)20-8-7-13(18)19-17(20)24/h2-8,11,14-15H,9-10H2,1H3,(H2-,18,19,22,23,24)/p+1/t11?,14-,15+/m0/s1. The van der Waals surface area contributed by atoms with Crippen LogP contribution in [0.5, 0.6) is 5.75 Å². The number of nitrogen functional groups attached to an aromatic ring is 1. The second-order valence-corrected chi connectivity index (χ2v) is 8.47. The first-order valence-corrected chi connectivity index (χ1v) is 11.0. The summed E-state index contributed by atoms with van der Waals surface area (Å²) in [4.78, 5) is 33.2. The number of anilines is 1. The molecule has 2 aromatic rings. The third-order valence-electron chi connectivity index (χ3n) is 4.01. The summed E-state index contributed by atoms with van der Waals surface area (Å²) in [5.74, 6) is -0.338. The molecule has 1 aromatic heterocycles. The predicted molar refractivity (Wildman–Crippen MR) is 109 cm³/mol. The van der Waals surface area contributed by atoms with E-state index in [1.165, 1.54) is 35.5 Å². The Bertz CT molecular complexity index is 961. The van der Waals surface area contributed by atoms with Gasteiger partial charge in [0.1, 0.15) is 28.9 Å². The molecule has 13 heteroatoms. The average Bonchev–Trinajstić information content (AvgIpc) is 3.19. The number of carbonyl (C=O) groups is 1. The number of carboxylic acid groups (broad SMARTS) is 1. The molecule has 160 valence electrons. The van der Waals surface area contributed by atoms with Crippen molar-refractivity contribution < 1.29 is 28.6 Å². The summed E-state index contributed by atoms with van der Waals surface area (Å²) in [6, 6.07) is 8.63. The van der Waals surface area contributed by atoms with Crippen molar-refractivity contribution in [1.82, 2.24) is 14.4 Å². The van der Waals surface area contributed by atoms with Gasteiger partial charge in [-0.1, -0.05) is 18.2 Å². The Hall–Kier alpha value is -2.50. The van der Waals surface area contributed by atoms with Crippen LogP contribution in [0.2, 0.25) is 0 Å². The van der Waals surface area contributed by atoms with Gasteiger partial charge in [0, 0.05) is 11.9 Å². The van der Waals surface area contributed by atoms with Crippen molar-refractivity contribution in [2.45, 2.75) is 24.6 Å². The van der Waals surface area contributed by atoms with Gasteiger partial charge >= 0.3 is 19.8 Å². The summed E-state index contributed by atoms with van der Waals surface area (Å²) in [5, 5.41) is 9.28. The van der Waals surface area contributed by atoms with Gasteiger partial charge in [0.05, 0.1) is 0 Å². The summed E-state index contributed by atoms with van der Waals surface area (Å²) in [6.45, 7) is 1.23. The molecule has 0 radical (unpaired) electrons. The maximum atomic E-state index is 12.6. The van der Waals surface area contributed by atoms with Crippen molar-refractivity contribution in [3.63, 3.8) is 0 Å². The molecule has 1 aromatic carbocycles. The van der Waals surface area contributed by atoms with Crippen molar-refractivity contribution >= 4 is 31.7 Å². The molecule has 1 aliphatic heterocycles. The maximum Gasteiger partial charge on any atom is 0.653 e. The Morgan fingerprint density at radius 2 is 2.20 bits per heavy atom. The molecular formula is C17H20N4O7PS+. The highest BCUT2D eigenvalue weighted by atomic mass is 32.2. The highest BCUT2D eigenvalue weighted by Gasteiger charge is 2.43. The number of aliphatic carboxylic acids is 1. The van der Waals surface area contributed by atoms with Crippen LogP contribution in [-0.2, 0) is 18.6 Å². The van der Waals surface area contributed by atoms with E-state index in [-0.39, 0.29) is 12.4 Å². The van der Waals surface area contributed by atoms with Crippen LogP contribution in [-0.4, -0.2) is 49.3 Å². The summed E-state index contributed by atoms with van der Waals surface area (Å²) in [5.41, 5.74) is 4.43. The van der Waals surface area contributed by atoms with Crippen molar-refractivity contribution in [3.05, 3.63) is 53.1 Å². The van der Waals surface area contributed by atoms with Crippen molar-refractivity contribution in [3.8, 4) is 5.75 Å². The number of rotatable bonds is 9. The normalized spacial score (nSPS) is 20.1. The molecule has 0 saturated carbocycles. The number of benzene rings is 1. The molecule has 1 saturated heterocycles. The lowest BCUT2D eigenvalue weighted by molar-refractivity contribution is -0.148. The molecular weight excluding hydrogens is 435 g/mol. The first-order valence-electron chi connectivity index (χ1n) is 8.82. The molecule has 3 rings (SSSR count). The number of carboxylic acids is 1. The Kier molecular flexibility index (Phi) is 7.40. The van der Waals surface area contributed by atoms with Gasteiger partial charge in [0.25, 0.3) is 0 Å². The second kappa shape index (κ2) is 10.0. The van der Waals surface area contributed by atoms with E-state index in [4.69, 9.17) is 19.8 Å². The van der Waals surface area contributed by atoms with E-state index in [1.54, 1.807) is 30.3 Å². The van der Waals surface area contributed by atoms with Gasteiger partial charge in [-0.2, -0.15) is 4.98 Å². The first-order chi connectivity index (χ1) is 14.3. The number of ether oxygens (including phenoxy) is 1. The first kappa shape index (κ1) is 22.2. The van der Waals surface area contributed by atoms with Crippen LogP contribution in [0.4, 0.5) is 5.82 Å². The summed E-state index contributed by atoms with van der Waals surface area (Å²) in [6.07, 6.45) is 0.917. The number of para-hydroxylation sites is 1. The minimum atomic E-state index is -2.65. The van der Waals surface area contributed by atoms with Crippen LogP contribution in [0.1, 0.15) is 13.2 Å². The summed E-state index contributed by atoms with van der Waals surface area (Å²) in [7, 11) is -2.65. The van der Waals surface area contributed by atoms with E-state index in [9.17, 15) is 19.3 Å². The van der Waals surface area contributed by atoms with Gasteiger partial charge in [-0.3, -0.25) is 9.36 Å². The second-order valence-electron chi connectivity index (χ2n) is 6.15. The molecule has 0 bridgehead atoms. The number of nitrogens with zero attached hydrogens (tertiary/aromatic N) is 3. The third kappa shape index (κ3) is 5.55. The fraction of sp³-hybridized carbons (Fsp3) is 0.353. The van der Waals surface area contributed by atoms with E-state index in [2.05, 4.69) is 4.98 Å². The zero-order chi connectivity index (χ0) is 21.7. The fourth-order valence-electron chi connectivity index (χ4n) is 2.44. The van der Waals surface area contributed by atoms with E-state index >= 15 is 0 Å². The van der Waals surface area contributed by atoms with Crippen molar-refractivity contribution in [2.75, 3.05) is 18.1 Å². The van der Waals surface area contributed by atoms with Crippen LogP contribution in [0, 0.1) is 0 Å². The zero-order valence-electron chi connectivity index (χ0n) is 15.9. The summed E-state index contributed by atoms with van der Waals surface area (Å²) < 4.78 is 25.0. The fourth-order valence-corrected chi connectivity index (χ4v) is 4.45. The summed E-state index contributed by atoms with van der Waals surface area (Å²) >= 11 is 1.36. The van der Waals surface area contributed by atoms with Gasteiger partial charge in [0.15, 0.2) is 11.8 Å². The minimum Gasteiger partial charge on any atom is -0.480 e. The molecule has 3 N–H and O–H groups in total. The van der Waals surface area contributed by atoms with Gasteiger partial charge in [-0.15, -0.1) is 16.3 Å². The number of aromatic nitrogens is 2. The smallest absolute Gasteiger partial charge is 0.480 e. The monoisotopic (exact) mass is 455 g/mol. The minimum absolute atomic E-state index is 0.103. The third-order valence-corrected chi connectivity index (χ3v) is 6.22. The topological polar surface area (TPSA) is 146 Å². The van der Waals surface area contributed by atoms with E-state index < -0.39 is 37.5 Å². The molecule has 0 spiro atoms. The molecule has 2 unspecified atom stereocenters. The Balaban J connectivity index is 1.59. The van der Waals surface area contributed by atoms with Gasteiger partial charge < -0.3 is 20.4 Å². The highest BCUT2D eigenvalue weighted by molar-refractivity contribution is 8.00. The largest absolute Gasteiger partial charge is 0.653 e. The quantitative estimate of drug-likeness (QED) is 0.422. The van der Waals surface area contributed by atoms with E-state index in [1.807, 2.05) is 0 Å². The predicted octanol–water partition coefficient (Wildman–Crippen LogP) is 1.86. The van der Waals surface area contributed by atoms with Gasteiger partial charge in [-0.05, 0) is 29.7 Å². The molecule has 11 nitrogen and oxygen atoms in total.